The molecule has 102 valence electrons. The van der Waals surface area contributed by atoms with Gasteiger partial charge in [0.05, 0.1) is 0 Å². The molecule has 2 heteroatoms. The molecule has 1 aromatic rings. The van der Waals surface area contributed by atoms with Crippen molar-refractivity contribution < 1.29 is 5.11 Å². The van der Waals surface area contributed by atoms with E-state index in [0.29, 0.717) is 6.04 Å². The fourth-order valence-electron chi connectivity index (χ4n) is 2.83. The van der Waals surface area contributed by atoms with Crippen LogP contribution >= 0.6 is 0 Å². The van der Waals surface area contributed by atoms with Crippen LogP contribution < -0.4 is 0 Å². The van der Waals surface area contributed by atoms with Gasteiger partial charge in [-0.1, -0.05) is 49.3 Å². The van der Waals surface area contributed by atoms with Gasteiger partial charge in [-0.3, -0.25) is 4.90 Å². The SMILES string of the molecule is CN(Cc1ccccc1C#CCO)C1CCCCC1. The van der Waals surface area contributed by atoms with Gasteiger partial charge in [0.2, 0.25) is 0 Å². The van der Waals surface area contributed by atoms with E-state index in [2.05, 4.69) is 35.9 Å². The lowest BCUT2D eigenvalue weighted by Crippen LogP contribution is -2.33. The summed E-state index contributed by atoms with van der Waals surface area (Å²) >= 11 is 0. The van der Waals surface area contributed by atoms with Crippen LogP contribution in [0, 0.1) is 11.8 Å². The van der Waals surface area contributed by atoms with Gasteiger partial charge in [-0.05, 0) is 31.5 Å². The Morgan fingerprint density at radius 2 is 1.95 bits per heavy atom. The number of hydrogen-bond acceptors (Lipinski definition) is 2. The van der Waals surface area contributed by atoms with Crippen LogP contribution in [0.2, 0.25) is 0 Å². The van der Waals surface area contributed by atoms with Crippen LogP contribution in [0.15, 0.2) is 24.3 Å². The summed E-state index contributed by atoms with van der Waals surface area (Å²) in [6.07, 6.45) is 6.76. The Bertz CT molecular complexity index is 452. The first-order chi connectivity index (χ1) is 9.31. The summed E-state index contributed by atoms with van der Waals surface area (Å²) in [6, 6.07) is 8.96. The molecule has 2 rings (SSSR count). The number of aliphatic hydroxyl groups is 1. The van der Waals surface area contributed by atoms with E-state index in [9.17, 15) is 0 Å². The third-order valence-corrected chi connectivity index (χ3v) is 3.94. The average Bonchev–Trinajstić information content (AvgIpc) is 2.47. The van der Waals surface area contributed by atoms with Gasteiger partial charge in [0, 0.05) is 18.2 Å². The fraction of sp³-hybridized carbons (Fsp3) is 0.529. The van der Waals surface area contributed by atoms with Crippen molar-refractivity contribution >= 4 is 0 Å². The van der Waals surface area contributed by atoms with Gasteiger partial charge in [0.25, 0.3) is 0 Å². The molecule has 1 saturated carbocycles. The number of nitrogens with zero attached hydrogens (tertiary/aromatic N) is 1. The molecule has 0 bridgehead atoms. The summed E-state index contributed by atoms with van der Waals surface area (Å²) in [4.78, 5) is 2.46. The molecule has 1 N–H and O–H groups in total. The van der Waals surface area contributed by atoms with Crippen LogP contribution in [0.25, 0.3) is 0 Å². The summed E-state index contributed by atoms with van der Waals surface area (Å²) in [6.45, 7) is 0.869. The molecule has 0 aliphatic heterocycles. The van der Waals surface area contributed by atoms with Crippen molar-refractivity contribution in [2.24, 2.45) is 0 Å². The van der Waals surface area contributed by atoms with Gasteiger partial charge in [-0.25, -0.2) is 0 Å². The molecular formula is C17H23NO. The van der Waals surface area contributed by atoms with Crippen molar-refractivity contribution in [2.45, 2.75) is 44.7 Å². The maximum Gasteiger partial charge on any atom is 0.104 e. The van der Waals surface area contributed by atoms with E-state index in [0.717, 1.165) is 12.1 Å². The maximum absolute atomic E-state index is 8.82. The lowest BCUT2D eigenvalue weighted by molar-refractivity contribution is 0.184. The highest BCUT2D eigenvalue weighted by atomic mass is 16.2. The molecule has 0 heterocycles. The van der Waals surface area contributed by atoms with Crippen LogP contribution in [-0.4, -0.2) is 29.7 Å². The normalized spacial score (nSPS) is 16.2. The molecule has 1 aliphatic rings. The van der Waals surface area contributed by atoms with E-state index < -0.39 is 0 Å². The molecule has 0 amide bonds. The zero-order valence-corrected chi connectivity index (χ0v) is 11.7. The summed E-state index contributed by atoms with van der Waals surface area (Å²) in [7, 11) is 2.21. The van der Waals surface area contributed by atoms with E-state index in [4.69, 9.17) is 5.11 Å². The van der Waals surface area contributed by atoms with Crippen LogP contribution in [0.1, 0.15) is 43.2 Å². The highest BCUT2D eigenvalue weighted by molar-refractivity contribution is 5.41. The van der Waals surface area contributed by atoms with Crippen molar-refractivity contribution in [3.05, 3.63) is 35.4 Å². The maximum atomic E-state index is 8.82. The third kappa shape index (κ3) is 4.09. The predicted octanol–water partition coefficient (Wildman–Crippen LogP) is 2.79. The van der Waals surface area contributed by atoms with Crippen molar-refractivity contribution in [3.63, 3.8) is 0 Å². The molecule has 1 fully saturated rings. The lowest BCUT2D eigenvalue weighted by atomic mass is 9.94. The van der Waals surface area contributed by atoms with Gasteiger partial charge in [-0.2, -0.15) is 0 Å². The highest BCUT2D eigenvalue weighted by Crippen LogP contribution is 2.23. The summed E-state index contributed by atoms with van der Waals surface area (Å²) < 4.78 is 0. The molecule has 0 aromatic heterocycles. The van der Waals surface area contributed by atoms with E-state index in [1.54, 1.807) is 0 Å². The van der Waals surface area contributed by atoms with Gasteiger partial charge >= 0.3 is 0 Å². The zero-order valence-electron chi connectivity index (χ0n) is 11.7. The van der Waals surface area contributed by atoms with Crippen LogP contribution in [-0.2, 0) is 6.54 Å². The second-order valence-corrected chi connectivity index (χ2v) is 5.32. The minimum atomic E-state index is -0.0766. The summed E-state index contributed by atoms with van der Waals surface area (Å²) in [5.41, 5.74) is 2.30. The molecule has 0 atom stereocenters. The molecule has 0 radical (unpaired) electrons. The standard InChI is InChI=1S/C17H23NO/c1-18(17-11-3-2-4-12-17)14-16-9-6-5-8-15(16)10-7-13-19/h5-6,8-9,17,19H,2-4,11-14H2,1H3. The van der Waals surface area contributed by atoms with Crippen molar-refractivity contribution in [2.75, 3.05) is 13.7 Å². The predicted molar refractivity (Wildman–Crippen MR) is 78.7 cm³/mol. The lowest BCUT2D eigenvalue weighted by Gasteiger charge is -2.31. The van der Waals surface area contributed by atoms with Gasteiger partial charge < -0.3 is 5.11 Å². The fourth-order valence-corrected chi connectivity index (χ4v) is 2.83. The summed E-state index contributed by atoms with van der Waals surface area (Å²) in [5.74, 6) is 5.79. The minimum Gasteiger partial charge on any atom is -0.384 e. The Balaban J connectivity index is 2.05. The second-order valence-electron chi connectivity index (χ2n) is 5.32. The van der Waals surface area contributed by atoms with E-state index >= 15 is 0 Å². The molecule has 1 aliphatic carbocycles. The average molecular weight is 257 g/mol. The zero-order chi connectivity index (χ0) is 13.5. The van der Waals surface area contributed by atoms with Gasteiger partial charge in [-0.15, -0.1) is 0 Å². The quantitative estimate of drug-likeness (QED) is 0.842. The minimum absolute atomic E-state index is 0.0766. The monoisotopic (exact) mass is 257 g/mol. The Morgan fingerprint density at radius 3 is 2.68 bits per heavy atom. The van der Waals surface area contributed by atoms with E-state index in [1.165, 1.54) is 37.7 Å². The number of hydrogen-bond donors (Lipinski definition) is 1. The Kier molecular flexibility index (Phi) is 5.44. The molecule has 19 heavy (non-hydrogen) atoms. The van der Waals surface area contributed by atoms with Gasteiger partial charge in [0.1, 0.15) is 6.61 Å². The first kappa shape index (κ1) is 14.1. The number of rotatable bonds is 3. The second kappa shape index (κ2) is 7.33. The first-order valence-electron chi connectivity index (χ1n) is 7.19. The molecular weight excluding hydrogens is 234 g/mol. The van der Waals surface area contributed by atoms with Crippen LogP contribution in [0.3, 0.4) is 0 Å². The molecule has 0 saturated heterocycles. The van der Waals surface area contributed by atoms with E-state index in [-0.39, 0.29) is 6.61 Å². The molecule has 1 aromatic carbocycles. The van der Waals surface area contributed by atoms with Crippen molar-refractivity contribution in [1.29, 1.82) is 0 Å². The van der Waals surface area contributed by atoms with Crippen molar-refractivity contribution in [3.8, 4) is 11.8 Å². The molecule has 0 unspecified atom stereocenters. The summed E-state index contributed by atoms with van der Waals surface area (Å²) in [5, 5.41) is 8.82. The highest BCUT2D eigenvalue weighted by Gasteiger charge is 2.18. The van der Waals surface area contributed by atoms with E-state index in [1.807, 2.05) is 12.1 Å². The van der Waals surface area contributed by atoms with Gasteiger partial charge in [0.15, 0.2) is 0 Å². The Hall–Kier alpha value is -1.30. The number of benzene rings is 1. The third-order valence-electron chi connectivity index (χ3n) is 3.94. The van der Waals surface area contributed by atoms with Crippen molar-refractivity contribution in [1.82, 2.24) is 4.90 Å². The Labute approximate surface area is 116 Å². The Morgan fingerprint density at radius 1 is 1.21 bits per heavy atom. The molecule has 2 nitrogen and oxygen atoms in total. The molecule has 0 spiro atoms. The number of aliphatic hydroxyl groups excluding tert-OH is 1. The van der Waals surface area contributed by atoms with Crippen LogP contribution in [0.5, 0.6) is 0 Å². The first-order valence-corrected chi connectivity index (χ1v) is 7.19. The topological polar surface area (TPSA) is 23.5 Å². The van der Waals surface area contributed by atoms with Crippen LogP contribution in [0.4, 0.5) is 0 Å². The largest absolute Gasteiger partial charge is 0.384 e. The smallest absolute Gasteiger partial charge is 0.104 e.